The number of rotatable bonds is 3. The fourth-order valence-corrected chi connectivity index (χ4v) is 5.66. The van der Waals surface area contributed by atoms with Gasteiger partial charge in [0.1, 0.15) is 0 Å². The number of aryl methyl sites for hydroxylation is 1. The first-order valence-corrected chi connectivity index (χ1v) is 13.2. The molecule has 0 bridgehead atoms. The van der Waals surface area contributed by atoms with Crippen LogP contribution in [-0.4, -0.2) is 66.3 Å². The third-order valence-electron chi connectivity index (χ3n) is 7.77. The zero-order chi connectivity index (χ0) is 25.8. The van der Waals surface area contributed by atoms with E-state index in [1.165, 1.54) is 11.1 Å². The van der Waals surface area contributed by atoms with Crippen molar-refractivity contribution in [2.45, 2.75) is 37.8 Å². The summed E-state index contributed by atoms with van der Waals surface area (Å²) in [6, 6.07) is 26.8. The summed E-state index contributed by atoms with van der Waals surface area (Å²) in [7, 11) is 1.85. The van der Waals surface area contributed by atoms with E-state index in [4.69, 9.17) is 0 Å². The summed E-state index contributed by atoms with van der Waals surface area (Å²) in [5, 5.41) is 10.3. The first kappa shape index (κ1) is 25.1. The van der Waals surface area contributed by atoms with E-state index in [0.29, 0.717) is 6.54 Å². The quantitative estimate of drug-likeness (QED) is 0.530. The van der Waals surface area contributed by atoms with Crippen LogP contribution in [-0.2, 0) is 0 Å². The van der Waals surface area contributed by atoms with Gasteiger partial charge in [-0.3, -0.25) is 9.80 Å². The molecule has 3 atom stereocenters. The molecule has 190 valence electrons. The van der Waals surface area contributed by atoms with Crippen LogP contribution in [0, 0.1) is 18.8 Å². The molecular weight excluding hydrogens is 458 g/mol. The van der Waals surface area contributed by atoms with Gasteiger partial charge in [-0.25, -0.2) is 4.79 Å². The number of aliphatic hydroxyl groups is 1. The number of benzene rings is 3. The Morgan fingerprint density at radius 2 is 1.57 bits per heavy atom. The van der Waals surface area contributed by atoms with Crippen LogP contribution in [0.4, 0.5) is 10.5 Å². The van der Waals surface area contributed by atoms with Crippen molar-refractivity contribution in [2.75, 3.05) is 38.2 Å². The van der Waals surface area contributed by atoms with Crippen molar-refractivity contribution in [3.05, 3.63) is 101 Å². The third kappa shape index (κ3) is 5.41. The van der Waals surface area contributed by atoms with Crippen LogP contribution in [0.25, 0.3) is 0 Å². The second-order valence-electron chi connectivity index (χ2n) is 10.1. The van der Waals surface area contributed by atoms with Crippen molar-refractivity contribution in [3.8, 4) is 11.8 Å². The lowest BCUT2D eigenvalue weighted by atomic mass is 9.74. The lowest BCUT2D eigenvalue weighted by Gasteiger charge is -2.57. The summed E-state index contributed by atoms with van der Waals surface area (Å²) in [5.41, 5.74) is 5.25. The van der Waals surface area contributed by atoms with E-state index in [-0.39, 0.29) is 30.6 Å². The first-order chi connectivity index (χ1) is 18.0. The molecule has 5 heteroatoms. The minimum Gasteiger partial charge on any atom is -0.395 e. The third-order valence-corrected chi connectivity index (χ3v) is 7.77. The SMILES string of the molecule is Cc1ccc(N(C)C(=O)N2CCCCN3[C@H](CO)[C@H](c4ccc(C#Cc5ccccc5)cc4)[C@@H]3C2)cc1. The van der Waals surface area contributed by atoms with Gasteiger partial charge in [-0.1, -0.05) is 59.9 Å². The molecule has 0 spiro atoms. The van der Waals surface area contributed by atoms with Gasteiger partial charge < -0.3 is 10.0 Å². The lowest BCUT2D eigenvalue weighted by Crippen LogP contribution is -2.68. The Morgan fingerprint density at radius 3 is 2.24 bits per heavy atom. The van der Waals surface area contributed by atoms with Crippen LogP contribution in [0.2, 0.25) is 0 Å². The molecule has 1 N–H and O–H groups in total. The van der Waals surface area contributed by atoms with Crippen molar-refractivity contribution in [3.63, 3.8) is 0 Å². The van der Waals surface area contributed by atoms with Gasteiger partial charge in [-0.05, 0) is 68.3 Å². The Kier molecular flexibility index (Phi) is 7.60. The minimum atomic E-state index is 0.0310. The van der Waals surface area contributed by atoms with E-state index in [1.54, 1.807) is 4.90 Å². The summed E-state index contributed by atoms with van der Waals surface area (Å²) in [4.78, 5) is 19.7. The highest BCUT2D eigenvalue weighted by atomic mass is 16.3. The van der Waals surface area contributed by atoms with E-state index in [0.717, 1.165) is 42.7 Å². The second-order valence-corrected chi connectivity index (χ2v) is 10.1. The number of amides is 2. The van der Waals surface area contributed by atoms with Crippen molar-refractivity contribution in [2.24, 2.45) is 0 Å². The minimum absolute atomic E-state index is 0.0310. The average molecular weight is 494 g/mol. The number of fused-ring (bicyclic) bond motifs is 1. The monoisotopic (exact) mass is 493 g/mol. The maximum atomic E-state index is 13.5. The van der Waals surface area contributed by atoms with E-state index in [1.807, 2.05) is 66.5 Å². The Labute approximate surface area is 220 Å². The molecule has 5 nitrogen and oxygen atoms in total. The van der Waals surface area contributed by atoms with Crippen molar-refractivity contribution in [1.82, 2.24) is 9.80 Å². The number of urea groups is 1. The topological polar surface area (TPSA) is 47.0 Å². The zero-order valence-electron chi connectivity index (χ0n) is 21.7. The highest BCUT2D eigenvalue weighted by Crippen LogP contribution is 2.42. The van der Waals surface area contributed by atoms with Gasteiger partial charge in [0.05, 0.1) is 6.61 Å². The first-order valence-electron chi connectivity index (χ1n) is 13.2. The fourth-order valence-electron chi connectivity index (χ4n) is 5.66. The molecule has 0 saturated carbocycles. The summed E-state index contributed by atoms with van der Waals surface area (Å²) in [5.74, 6) is 6.64. The Bertz CT molecular complexity index is 1260. The molecule has 0 unspecified atom stereocenters. The average Bonchev–Trinajstić information content (AvgIpc) is 2.92. The molecule has 2 fully saturated rings. The van der Waals surface area contributed by atoms with Gasteiger partial charge in [0.25, 0.3) is 0 Å². The van der Waals surface area contributed by atoms with E-state index >= 15 is 0 Å². The molecule has 2 saturated heterocycles. The highest BCUT2D eigenvalue weighted by molar-refractivity contribution is 5.91. The summed E-state index contributed by atoms with van der Waals surface area (Å²) in [6.45, 7) is 4.54. The van der Waals surface area contributed by atoms with Gasteiger partial charge in [0.2, 0.25) is 0 Å². The molecule has 3 aromatic rings. The smallest absolute Gasteiger partial charge is 0.324 e. The predicted octanol–water partition coefficient (Wildman–Crippen LogP) is 4.88. The summed E-state index contributed by atoms with van der Waals surface area (Å²) in [6.07, 6.45) is 1.99. The Balaban J connectivity index is 1.33. The summed E-state index contributed by atoms with van der Waals surface area (Å²) < 4.78 is 0. The molecule has 0 aromatic heterocycles. The van der Waals surface area contributed by atoms with Crippen LogP contribution in [0.5, 0.6) is 0 Å². The van der Waals surface area contributed by atoms with E-state index < -0.39 is 0 Å². The normalized spacial score (nSPS) is 21.5. The fraction of sp³-hybridized carbons (Fsp3) is 0.344. The number of hydrogen-bond acceptors (Lipinski definition) is 3. The van der Waals surface area contributed by atoms with Crippen LogP contribution in [0.15, 0.2) is 78.9 Å². The van der Waals surface area contributed by atoms with Crippen LogP contribution < -0.4 is 4.90 Å². The van der Waals surface area contributed by atoms with Crippen molar-refractivity contribution < 1.29 is 9.90 Å². The van der Waals surface area contributed by atoms with Crippen LogP contribution in [0.3, 0.4) is 0 Å². The summed E-state index contributed by atoms with van der Waals surface area (Å²) >= 11 is 0. The molecule has 0 aliphatic carbocycles. The number of anilines is 1. The van der Waals surface area contributed by atoms with Gasteiger partial charge in [0.15, 0.2) is 0 Å². The van der Waals surface area contributed by atoms with Gasteiger partial charge in [-0.2, -0.15) is 0 Å². The van der Waals surface area contributed by atoms with E-state index in [9.17, 15) is 9.90 Å². The van der Waals surface area contributed by atoms with Gasteiger partial charge in [-0.15, -0.1) is 0 Å². The largest absolute Gasteiger partial charge is 0.395 e. The zero-order valence-corrected chi connectivity index (χ0v) is 21.7. The predicted molar refractivity (Wildman–Crippen MR) is 149 cm³/mol. The molecule has 2 heterocycles. The molecule has 2 aliphatic rings. The van der Waals surface area contributed by atoms with Gasteiger partial charge in [0, 0.05) is 55.0 Å². The van der Waals surface area contributed by atoms with Crippen LogP contribution in [0.1, 0.15) is 41.0 Å². The molecule has 0 radical (unpaired) electrons. The Hall–Kier alpha value is -3.59. The van der Waals surface area contributed by atoms with Gasteiger partial charge >= 0.3 is 6.03 Å². The second kappa shape index (κ2) is 11.2. The standard InChI is InChI=1S/C32H35N3O2/c1-24-10-18-28(19-11-24)33(2)32(37)34-20-6-7-21-35-29(22-34)31(30(35)23-36)27-16-14-26(15-17-27)13-12-25-8-4-3-5-9-25/h3-5,8-11,14-19,29-31,36H,6-7,20-23H2,1-2H3/t29-,30+,31+/m0/s1. The molecule has 3 aromatic carbocycles. The molecular formula is C32H35N3O2. The van der Waals surface area contributed by atoms with Crippen molar-refractivity contribution >= 4 is 11.7 Å². The lowest BCUT2D eigenvalue weighted by molar-refractivity contribution is -0.0587. The number of aliphatic hydroxyl groups excluding tert-OH is 1. The molecule has 2 aliphatic heterocycles. The maximum Gasteiger partial charge on any atom is 0.324 e. The number of hydrogen-bond donors (Lipinski definition) is 1. The highest BCUT2D eigenvalue weighted by Gasteiger charge is 2.49. The van der Waals surface area contributed by atoms with Crippen molar-refractivity contribution in [1.29, 1.82) is 0 Å². The van der Waals surface area contributed by atoms with Crippen LogP contribution >= 0.6 is 0 Å². The number of carbonyl (C=O) groups is 1. The molecule has 5 rings (SSSR count). The molecule has 37 heavy (non-hydrogen) atoms. The molecule has 2 amide bonds. The number of nitrogens with zero attached hydrogens (tertiary/aromatic N) is 3. The maximum absolute atomic E-state index is 13.5. The van der Waals surface area contributed by atoms with E-state index in [2.05, 4.69) is 47.9 Å². The number of carbonyl (C=O) groups excluding carboxylic acids is 1. The Morgan fingerprint density at radius 1 is 0.919 bits per heavy atom.